The maximum Gasteiger partial charge on any atom is 0.0604 e. The van der Waals surface area contributed by atoms with E-state index in [2.05, 4.69) is 10.3 Å². The Hall–Kier alpha value is -1.25. The van der Waals surface area contributed by atoms with Crippen LogP contribution in [0.25, 0.3) is 11.1 Å². The van der Waals surface area contributed by atoms with E-state index in [1.54, 1.807) is 12.4 Å². The molecule has 0 saturated heterocycles. The van der Waals surface area contributed by atoms with E-state index in [0.29, 0.717) is 0 Å². The Morgan fingerprint density at radius 3 is 2.56 bits per heavy atom. The third kappa shape index (κ3) is 2.46. The molecular weight excluding hydrogens is 243 g/mol. The molecular formula is C12H12Cl2N2. The van der Waals surface area contributed by atoms with E-state index in [1.807, 2.05) is 37.4 Å². The van der Waals surface area contributed by atoms with Crippen LogP contribution in [0.1, 0.15) is 0 Å². The fraction of sp³-hybridized carbons (Fsp3) is 0.0833. The molecule has 0 saturated carbocycles. The molecule has 0 fully saturated rings. The summed E-state index contributed by atoms with van der Waals surface area (Å²) in [7, 11) is 1.87. The number of halogens is 2. The molecule has 0 aliphatic heterocycles. The maximum atomic E-state index is 6.14. The molecule has 2 aromatic rings. The summed E-state index contributed by atoms with van der Waals surface area (Å²) in [5.41, 5.74) is 3.06. The Morgan fingerprint density at radius 2 is 1.88 bits per heavy atom. The van der Waals surface area contributed by atoms with Crippen LogP contribution in [-0.4, -0.2) is 12.0 Å². The molecule has 4 heteroatoms. The van der Waals surface area contributed by atoms with E-state index >= 15 is 0 Å². The molecule has 1 aromatic heterocycles. The maximum absolute atomic E-state index is 6.14. The molecule has 1 heterocycles. The molecule has 0 aliphatic rings. The molecule has 0 radical (unpaired) electrons. The quantitative estimate of drug-likeness (QED) is 0.881. The summed E-state index contributed by atoms with van der Waals surface area (Å²) < 4.78 is 0. The lowest BCUT2D eigenvalue weighted by Gasteiger charge is -2.09. The standard InChI is InChI=1S/C12H11ClN2.ClH/c1-14-12-8-15-7-6-10(12)9-4-2-3-5-11(9)13;/h2-8,14H,1H3;1H. The zero-order chi connectivity index (χ0) is 10.7. The van der Waals surface area contributed by atoms with E-state index in [4.69, 9.17) is 11.6 Å². The predicted molar refractivity (Wildman–Crippen MR) is 71.5 cm³/mol. The Kier molecular flexibility index (Phi) is 4.59. The van der Waals surface area contributed by atoms with Crippen molar-refractivity contribution in [1.29, 1.82) is 0 Å². The van der Waals surface area contributed by atoms with Crippen LogP contribution < -0.4 is 5.32 Å². The normalized spacial score (nSPS) is 9.38. The SMILES string of the molecule is CNc1cnccc1-c1ccccc1Cl.Cl. The highest BCUT2D eigenvalue weighted by molar-refractivity contribution is 6.33. The highest BCUT2D eigenvalue weighted by Gasteiger charge is 2.06. The van der Waals surface area contributed by atoms with Gasteiger partial charge in [0.2, 0.25) is 0 Å². The fourth-order valence-corrected chi connectivity index (χ4v) is 1.75. The number of aromatic nitrogens is 1. The van der Waals surface area contributed by atoms with Crippen molar-refractivity contribution in [2.75, 3.05) is 12.4 Å². The van der Waals surface area contributed by atoms with E-state index < -0.39 is 0 Å². The number of hydrogen-bond donors (Lipinski definition) is 1. The minimum absolute atomic E-state index is 0. The molecule has 0 unspecified atom stereocenters. The third-order valence-corrected chi connectivity index (χ3v) is 2.58. The molecule has 1 N–H and O–H groups in total. The topological polar surface area (TPSA) is 24.9 Å². The number of hydrogen-bond acceptors (Lipinski definition) is 2. The Morgan fingerprint density at radius 1 is 1.12 bits per heavy atom. The van der Waals surface area contributed by atoms with Crippen LogP contribution in [0.15, 0.2) is 42.7 Å². The van der Waals surface area contributed by atoms with Gasteiger partial charge in [0.1, 0.15) is 0 Å². The summed E-state index contributed by atoms with van der Waals surface area (Å²) in [6.07, 6.45) is 3.55. The van der Waals surface area contributed by atoms with Crippen molar-refractivity contribution >= 4 is 29.7 Å². The Balaban J connectivity index is 0.00000128. The first-order valence-electron chi connectivity index (χ1n) is 4.69. The second-order valence-corrected chi connectivity index (χ2v) is 3.56. The van der Waals surface area contributed by atoms with Crippen molar-refractivity contribution in [3.8, 4) is 11.1 Å². The number of anilines is 1. The van der Waals surface area contributed by atoms with Gasteiger partial charge < -0.3 is 5.32 Å². The molecule has 16 heavy (non-hydrogen) atoms. The van der Waals surface area contributed by atoms with Gasteiger partial charge in [-0.15, -0.1) is 12.4 Å². The molecule has 2 nitrogen and oxygen atoms in total. The van der Waals surface area contributed by atoms with Gasteiger partial charge in [0.15, 0.2) is 0 Å². The lowest BCUT2D eigenvalue weighted by atomic mass is 10.1. The molecule has 0 spiro atoms. The zero-order valence-corrected chi connectivity index (χ0v) is 10.3. The highest BCUT2D eigenvalue weighted by Crippen LogP contribution is 2.32. The first kappa shape index (κ1) is 12.8. The van der Waals surface area contributed by atoms with Crippen LogP contribution in [0.3, 0.4) is 0 Å². The summed E-state index contributed by atoms with van der Waals surface area (Å²) in [4.78, 5) is 4.07. The van der Waals surface area contributed by atoms with E-state index in [-0.39, 0.29) is 12.4 Å². The van der Waals surface area contributed by atoms with Gasteiger partial charge in [0, 0.05) is 29.4 Å². The third-order valence-electron chi connectivity index (χ3n) is 2.25. The van der Waals surface area contributed by atoms with Gasteiger partial charge in [0.05, 0.1) is 11.9 Å². The van der Waals surface area contributed by atoms with Crippen LogP contribution in [0, 0.1) is 0 Å². The Bertz CT molecular complexity index is 472. The molecule has 1 aromatic carbocycles. The van der Waals surface area contributed by atoms with Crippen LogP contribution >= 0.6 is 24.0 Å². The van der Waals surface area contributed by atoms with Crippen LogP contribution in [-0.2, 0) is 0 Å². The smallest absolute Gasteiger partial charge is 0.0604 e. The van der Waals surface area contributed by atoms with Crippen molar-refractivity contribution in [3.05, 3.63) is 47.7 Å². The summed E-state index contributed by atoms with van der Waals surface area (Å²) in [6.45, 7) is 0. The van der Waals surface area contributed by atoms with Crippen molar-refractivity contribution < 1.29 is 0 Å². The number of pyridine rings is 1. The van der Waals surface area contributed by atoms with Crippen LogP contribution in [0.4, 0.5) is 5.69 Å². The van der Waals surface area contributed by atoms with Crippen molar-refractivity contribution in [1.82, 2.24) is 4.98 Å². The first-order valence-corrected chi connectivity index (χ1v) is 5.07. The highest BCUT2D eigenvalue weighted by atomic mass is 35.5. The lowest BCUT2D eigenvalue weighted by Crippen LogP contribution is -1.92. The fourth-order valence-electron chi connectivity index (χ4n) is 1.51. The number of benzene rings is 1. The van der Waals surface area contributed by atoms with Gasteiger partial charge in [-0.25, -0.2) is 0 Å². The molecule has 84 valence electrons. The second-order valence-electron chi connectivity index (χ2n) is 3.15. The predicted octanol–water partition coefficient (Wildman–Crippen LogP) is 3.87. The summed E-state index contributed by atoms with van der Waals surface area (Å²) in [5.74, 6) is 0. The van der Waals surface area contributed by atoms with Crippen molar-refractivity contribution in [2.24, 2.45) is 0 Å². The molecule has 0 aliphatic carbocycles. The molecule has 0 atom stereocenters. The first-order chi connectivity index (χ1) is 7.33. The Labute approximate surface area is 106 Å². The zero-order valence-electron chi connectivity index (χ0n) is 8.77. The van der Waals surface area contributed by atoms with Gasteiger partial charge in [-0.3, -0.25) is 4.98 Å². The monoisotopic (exact) mass is 254 g/mol. The van der Waals surface area contributed by atoms with Crippen molar-refractivity contribution in [2.45, 2.75) is 0 Å². The number of rotatable bonds is 2. The average Bonchev–Trinajstić information content (AvgIpc) is 2.30. The minimum atomic E-state index is 0. The van der Waals surface area contributed by atoms with Gasteiger partial charge in [-0.05, 0) is 12.1 Å². The molecule has 0 amide bonds. The van der Waals surface area contributed by atoms with Gasteiger partial charge in [-0.1, -0.05) is 29.8 Å². The van der Waals surface area contributed by atoms with E-state index in [1.165, 1.54) is 0 Å². The summed E-state index contributed by atoms with van der Waals surface area (Å²) >= 11 is 6.14. The number of nitrogens with zero attached hydrogens (tertiary/aromatic N) is 1. The molecule has 2 rings (SSSR count). The van der Waals surface area contributed by atoms with E-state index in [9.17, 15) is 0 Å². The van der Waals surface area contributed by atoms with Crippen LogP contribution in [0.5, 0.6) is 0 Å². The second kappa shape index (κ2) is 5.73. The molecule has 0 bridgehead atoms. The average molecular weight is 255 g/mol. The van der Waals surface area contributed by atoms with Crippen molar-refractivity contribution in [3.63, 3.8) is 0 Å². The lowest BCUT2D eigenvalue weighted by molar-refractivity contribution is 1.31. The van der Waals surface area contributed by atoms with Gasteiger partial charge >= 0.3 is 0 Å². The summed E-state index contributed by atoms with van der Waals surface area (Å²) in [6, 6.07) is 9.73. The van der Waals surface area contributed by atoms with Gasteiger partial charge in [0.25, 0.3) is 0 Å². The minimum Gasteiger partial charge on any atom is -0.386 e. The van der Waals surface area contributed by atoms with E-state index in [0.717, 1.165) is 21.8 Å². The summed E-state index contributed by atoms with van der Waals surface area (Å²) in [5, 5.41) is 3.85. The van der Waals surface area contributed by atoms with Crippen LogP contribution in [0.2, 0.25) is 5.02 Å². The number of nitrogens with one attached hydrogen (secondary N) is 1. The largest absolute Gasteiger partial charge is 0.386 e. The van der Waals surface area contributed by atoms with Gasteiger partial charge in [-0.2, -0.15) is 0 Å².